The second kappa shape index (κ2) is 8.92. The van der Waals surface area contributed by atoms with Crippen LogP contribution in [0.4, 0.5) is 0 Å². The molecule has 0 saturated carbocycles. The van der Waals surface area contributed by atoms with Crippen LogP contribution in [0.3, 0.4) is 0 Å². The molecule has 0 aliphatic carbocycles. The van der Waals surface area contributed by atoms with Gasteiger partial charge in [-0.05, 0) is 49.6 Å². The summed E-state index contributed by atoms with van der Waals surface area (Å²) >= 11 is 0. The van der Waals surface area contributed by atoms with Gasteiger partial charge in [0.1, 0.15) is 18.1 Å². The highest BCUT2D eigenvalue weighted by Crippen LogP contribution is 2.31. The van der Waals surface area contributed by atoms with Gasteiger partial charge in [-0.1, -0.05) is 29.4 Å². The van der Waals surface area contributed by atoms with Crippen LogP contribution in [-0.4, -0.2) is 48.6 Å². The highest BCUT2D eigenvalue weighted by Gasteiger charge is 2.32. The predicted octanol–water partition coefficient (Wildman–Crippen LogP) is 4.25. The van der Waals surface area contributed by atoms with Gasteiger partial charge in [-0.25, -0.2) is 0 Å². The molecule has 0 bridgehead atoms. The Morgan fingerprint density at radius 3 is 2.44 bits per heavy atom. The molecule has 168 valence electrons. The molecule has 3 aromatic rings. The van der Waals surface area contributed by atoms with Gasteiger partial charge in [-0.2, -0.15) is 0 Å². The van der Waals surface area contributed by atoms with Crippen LogP contribution in [0.15, 0.2) is 40.9 Å². The first-order valence-electron chi connectivity index (χ1n) is 11.2. The number of rotatable bonds is 5. The third kappa shape index (κ3) is 4.10. The third-order valence-corrected chi connectivity index (χ3v) is 6.49. The van der Waals surface area contributed by atoms with Gasteiger partial charge in [0, 0.05) is 19.0 Å². The number of likely N-dealkylation sites (tertiary alicyclic amines) is 1. The molecule has 0 radical (unpaired) electrons. The summed E-state index contributed by atoms with van der Waals surface area (Å²) in [7, 11) is 0. The molecule has 2 aromatic carbocycles. The summed E-state index contributed by atoms with van der Waals surface area (Å²) in [6, 6.07) is 11.9. The number of benzene rings is 2. The maximum atomic E-state index is 13.5. The maximum Gasteiger partial charge on any atom is 0.257 e. The average molecular weight is 437 g/mol. The number of amides is 1. The fourth-order valence-electron chi connectivity index (χ4n) is 4.56. The molecule has 0 N–H and O–H groups in total. The van der Waals surface area contributed by atoms with E-state index in [4.69, 9.17) is 18.7 Å². The Labute approximate surface area is 187 Å². The zero-order chi connectivity index (χ0) is 22.1. The monoisotopic (exact) mass is 436 g/mol. The Morgan fingerprint density at radius 1 is 1.09 bits per heavy atom. The molecule has 2 aliphatic heterocycles. The first kappa shape index (κ1) is 21.0. The lowest BCUT2D eigenvalue weighted by Gasteiger charge is -2.34. The van der Waals surface area contributed by atoms with Gasteiger partial charge >= 0.3 is 0 Å². The number of piperidine rings is 1. The Bertz CT molecular complexity index is 1090. The second-order valence-electron chi connectivity index (χ2n) is 8.53. The van der Waals surface area contributed by atoms with E-state index >= 15 is 0 Å². The molecule has 0 unspecified atom stereocenters. The van der Waals surface area contributed by atoms with Crippen molar-refractivity contribution in [2.75, 3.05) is 26.3 Å². The van der Waals surface area contributed by atoms with Gasteiger partial charge in [-0.15, -0.1) is 0 Å². The number of aromatic nitrogens is 1. The summed E-state index contributed by atoms with van der Waals surface area (Å²) in [5.41, 5.74) is 2.30. The van der Waals surface area contributed by atoms with Gasteiger partial charge < -0.3 is 23.6 Å². The van der Waals surface area contributed by atoms with Crippen molar-refractivity contribution in [3.63, 3.8) is 0 Å². The number of aryl methyl sites for hydroxylation is 2. The fourth-order valence-corrected chi connectivity index (χ4v) is 4.56. The van der Waals surface area contributed by atoms with Crippen LogP contribution in [0.25, 0.3) is 10.8 Å². The maximum absolute atomic E-state index is 13.5. The number of carbonyl (C=O) groups excluding carboxylic acids is 1. The van der Waals surface area contributed by atoms with E-state index in [1.165, 1.54) is 0 Å². The largest absolute Gasteiger partial charge is 0.488 e. The predicted molar refractivity (Wildman–Crippen MR) is 119 cm³/mol. The number of nitrogens with zero attached hydrogens (tertiary/aromatic N) is 2. The molecular weight excluding hydrogens is 408 g/mol. The summed E-state index contributed by atoms with van der Waals surface area (Å²) < 4.78 is 22.8. The van der Waals surface area contributed by atoms with Crippen LogP contribution < -0.4 is 4.74 Å². The fraction of sp³-hybridized carbons (Fsp3) is 0.440. The van der Waals surface area contributed by atoms with E-state index in [-0.39, 0.29) is 12.2 Å². The van der Waals surface area contributed by atoms with Crippen molar-refractivity contribution in [3.8, 4) is 5.75 Å². The Balaban J connectivity index is 1.38. The van der Waals surface area contributed by atoms with E-state index in [1.807, 2.05) is 55.1 Å². The molecule has 5 rings (SSSR count). The van der Waals surface area contributed by atoms with E-state index < -0.39 is 0 Å². The summed E-state index contributed by atoms with van der Waals surface area (Å²) in [6.07, 6.45) is 1.63. The van der Waals surface area contributed by atoms with Crippen LogP contribution >= 0.6 is 0 Å². The number of carbonyl (C=O) groups is 1. The molecule has 2 fully saturated rings. The van der Waals surface area contributed by atoms with Gasteiger partial charge in [-0.3, -0.25) is 4.79 Å². The molecule has 2 saturated heterocycles. The Kier molecular flexibility index (Phi) is 5.85. The molecule has 0 spiro atoms. The highest BCUT2D eigenvalue weighted by atomic mass is 16.7. The second-order valence-corrected chi connectivity index (χ2v) is 8.53. The van der Waals surface area contributed by atoms with Crippen molar-refractivity contribution in [3.05, 3.63) is 59.0 Å². The zero-order valence-electron chi connectivity index (χ0n) is 18.5. The van der Waals surface area contributed by atoms with E-state index in [1.54, 1.807) is 0 Å². The first-order chi connectivity index (χ1) is 15.6. The van der Waals surface area contributed by atoms with Gasteiger partial charge in [0.2, 0.25) is 0 Å². The third-order valence-electron chi connectivity index (χ3n) is 6.49. The zero-order valence-corrected chi connectivity index (χ0v) is 18.5. The molecule has 2 aliphatic rings. The minimum atomic E-state index is -0.123. The minimum Gasteiger partial charge on any atom is -0.488 e. The standard InChI is InChI=1S/C25H28N2O5/c1-16-22(17(2)32-26-16)15-31-23-14-20-6-4-3-5-19(20)13-21(23)24(28)27-9-7-18(8-10-27)25-29-11-12-30-25/h3-6,13-14,18,25H,7-12,15H2,1-2H3. The Hall–Kier alpha value is -2.90. The summed E-state index contributed by atoms with van der Waals surface area (Å²) in [4.78, 5) is 15.5. The normalized spacial score (nSPS) is 17.9. The summed E-state index contributed by atoms with van der Waals surface area (Å²) in [6.45, 7) is 6.75. The molecule has 32 heavy (non-hydrogen) atoms. The molecule has 1 aromatic heterocycles. The van der Waals surface area contributed by atoms with Crippen LogP contribution in [0, 0.1) is 19.8 Å². The molecule has 0 atom stereocenters. The number of ether oxygens (including phenoxy) is 3. The number of fused-ring (bicyclic) bond motifs is 1. The average Bonchev–Trinajstić information content (AvgIpc) is 3.47. The van der Waals surface area contributed by atoms with Crippen molar-refractivity contribution in [1.82, 2.24) is 10.1 Å². The first-order valence-corrected chi connectivity index (χ1v) is 11.2. The van der Waals surface area contributed by atoms with Crippen molar-refractivity contribution in [2.45, 2.75) is 39.6 Å². The number of hydrogen-bond acceptors (Lipinski definition) is 6. The Morgan fingerprint density at radius 2 is 1.78 bits per heavy atom. The summed E-state index contributed by atoms with van der Waals surface area (Å²) in [5.74, 6) is 1.65. The van der Waals surface area contributed by atoms with Crippen LogP contribution in [0.2, 0.25) is 0 Å². The lowest BCUT2D eigenvalue weighted by atomic mass is 9.95. The lowest BCUT2D eigenvalue weighted by molar-refractivity contribution is -0.0956. The SMILES string of the molecule is Cc1noc(C)c1COc1cc2ccccc2cc1C(=O)N1CCC(C2OCCO2)CC1. The highest BCUT2D eigenvalue weighted by molar-refractivity contribution is 6.01. The van der Waals surface area contributed by atoms with Crippen molar-refractivity contribution >= 4 is 16.7 Å². The molecular formula is C25H28N2O5. The molecule has 7 nitrogen and oxygen atoms in total. The van der Waals surface area contributed by atoms with Crippen molar-refractivity contribution in [1.29, 1.82) is 0 Å². The lowest BCUT2D eigenvalue weighted by Crippen LogP contribution is -2.41. The molecule has 1 amide bonds. The minimum absolute atomic E-state index is 0.00350. The van der Waals surface area contributed by atoms with Gasteiger partial charge in [0.25, 0.3) is 5.91 Å². The van der Waals surface area contributed by atoms with Crippen LogP contribution in [0.5, 0.6) is 5.75 Å². The molecule has 7 heteroatoms. The number of hydrogen-bond donors (Lipinski definition) is 0. The van der Waals surface area contributed by atoms with E-state index in [0.29, 0.717) is 50.1 Å². The molecule has 3 heterocycles. The topological polar surface area (TPSA) is 74.0 Å². The van der Waals surface area contributed by atoms with Gasteiger partial charge in [0.15, 0.2) is 6.29 Å². The van der Waals surface area contributed by atoms with Crippen LogP contribution in [0.1, 0.15) is 40.2 Å². The van der Waals surface area contributed by atoms with Crippen LogP contribution in [-0.2, 0) is 16.1 Å². The van der Waals surface area contributed by atoms with Crippen molar-refractivity contribution < 1.29 is 23.5 Å². The smallest absolute Gasteiger partial charge is 0.257 e. The van der Waals surface area contributed by atoms with E-state index in [0.717, 1.165) is 40.6 Å². The summed E-state index contributed by atoms with van der Waals surface area (Å²) in [5, 5.41) is 6.05. The van der Waals surface area contributed by atoms with E-state index in [2.05, 4.69) is 5.16 Å². The quantitative estimate of drug-likeness (QED) is 0.595. The van der Waals surface area contributed by atoms with E-state index in [9.17, 15) is 4.79 Å². The van der Waals surface area contributed by atoms with Gasteiger partial charge in [0.05, 0.1) is 30.0 Å². The van der Waals surface area contributed by atoms with Crippen molar-refractivity contribution in [2.24, 2.45) is 5.92 Å².